The molecule has 0 aliphatic rings. The van der Waals surface area contributed by atoms with Gasteiger partial charge in [0.25, 0.3) is 5.91 Å². The van der Waals surface area contributed by atoms with Crippen molar-refractivity contribution in [3.8, 4) is 17.6 Å². The number of nitriles is 1. The summed E-state index contributed by atoms with van der Waals surface area (Å²) in [4.78, 5) is 12.4. The molecule has 2 rings (SSSR count). The van der Waals surface area contributed by atoms with Gasteiger partial charge in [-0.2, -0.15) is 5.26 Å². The first kappa shape index (κ1) is 19.9. The molecule has 27 heavy (non-hydrogen) atoms. The van der Waals surface area contributed by atoms with Gasteiger partial charge in [0.2, 0.25) is 0 Å². The van der Waals surface area contributed by atoms with Crippen molar-refractivity contribution >= 4 is 17.3 Å². The van der Waals surface area contributed by atoms with Crippen LogP contribution in [-0.2, 0) is 4.79 Å². The van der Waals surface area contributed by atoms with E-state index in [2.05, 4.69) is 24.5 Å². The maximum atomic E-state index is 12.4. The zero-order valence-electron chi connectivity index (χ0n) is 15.9. The van der Waals surface area contributed by atoms with Gasteiger partial charge in [0, 0.05) is 23.6 Å². The topological polar surface area (TPSA) is 83.4 Å². The highest BCUT2D eigenvalue weighted by Gasteiger charge is 2.12. The Kier molecular flexibility index (Phi) is 6.84. The molecule has 0 heterocycles. The van der Waals surface area contributed by atoms with Crippen molar-refractivity contribution in [1.29, 1.82) is 5.26 Å². The lowest BCUT2D eigenvalue weighted by Crippen LogP contribution is -2.14. The molecule has 2 N–H and O–H groups in total. The van der Waals surface area contributed by atoms with Gasteiger partial charge in [-0.1, -0.05) is 32.0 Å². The number of methoxy groups -OCH3 is 2. The van der Waals surface area contributed by atoms with Gasteiger partial charge >= 0.3 is 0 Å². The average molecular weight is 365 g/mol. The number of benzene rings is 2. The Labute approximate surface area is 159 Å². The van der Waals surface area contributed by atoms with E-state index in [1.165, 1.54) is 20.4 Å². The summed E-state index contributed by atoms with van der Waals surface area (Å²) in [5.41, 5.74) is 2.43. The number of hydrogen-bond acceptors (Lipinski definition) is 5. The molecule has 0 saturated carbocycles. The van der Waals surface area contributed by atoms with Crippen LogP contribution in [0.15, 0.2) is 54.2 Å². The average Bonchev–Trinajstić information content (AvgIpc) is 2.68. The van der Waals surface area contributed by atoms with E-state index in [1.54, 1.807) is 18.2 Å². The van der Waals surface area contributed by atoms with Crippen molar-refractivity contribution in [2.24, 2.45) is 0 Å². The lowest BCUT2D eigenvalue weighted by molar-refractivity contribution is -0.112. The summed E-state index contributed by atoms with van der Waals surface area (Å²) in [7, 11) is 3.05. The number of rotatable bonds is 7. The third-order valence-corrected chi connectivity index (χ3v) is 3.96. The van der Waals surface area contributed by atoms with Crippen molar-refractivity contribution < 1.29 is 14.3 Å². The fourth-order valence-electron chi connectivity index (χ4n) is 2.54. The molecule has 1 amide bonds. The summed E-state index contributed by atoms with van der Waals surface area (Å²) in [6.07, 6.45) is 1.41. The molecular formula is C21H23N3O3. The number of carbonyl (C=O) groups is 1. The number of nitrogens with one attached hydrogen (secondary N) is 2. The van der Waals surface area contributed by atoms with Crippen LogP contribution >= 0.6 is 0 Å². The second-order valence-corrected chi connectivity index (χ2v) is 6.08. The van der Waals surface area contributed by atoms with E-state index in [0.717, 1.165) is 11.3 Å². The van der Waals surface area contributed by atoms with Crippen molar-refractivity contribution in [2.75, 3.05) is 24.9 Å². The quantitative estimate of drug-likeness (QED) is 0.565. The molecule has 0 unspecified atom stereocenters. The van der Waals surface area contributed by atoms with Gasteiger partial charge in [-0.3, -0.25) is 4.79 Å². The molecule has 0 spiro atoms. The molecule has 6 heteroatoms. The Balaban J connectivity index is 2.17. The smallest absolute Gasteiger partial charge is 0.267 e. The van der Waals surface area contributed by atoms with Crippen LogP contribution in [0.2, 0.25) is 0 Å². The number of nitrogens with zero attached hydrogens (tertiary/aromatic N) is 1. The minimum absolute atomic E-state index is 0.0386. The zero-order chi connectivity index (χ0) is 19.8. The second kappa shape index (κ2) is 9.30. The minimum atomic E-state index is -0.515. The lowest BCUT2D eigenvalue weighted by atomic mass is 10.0. The summed E-state index contributed by atoms with van der Waals surface area (Å²) >= 11 is 0. The number of carbonyl (C=O) groups excluding carboxylic acids is 1. The van der Waals surface area contributed by atoms with Crippen molar-refractivity contribution in [3.05, 3.63) is 59.8 Å². The van der Waals surface area contributed by atoms with Gasteiger partial charge < -0.3 is 20.1 Å². The molecule has 0 radical (unpaired) electrons. The van der Waals surface area contributed by atoms with Crippen molar-refractivity contribution in [2.45, 2.75) is 19.8 Å². The SMILES string of the molecule is COc1ccc(NC(=O)/C(C#N)=C\Nc2ccccc2C(C)C)cc1OC. The molecule has 0 saturated heterocycles. The van der Waals surface area contributed by atoms with Crippen molar-refractivity contribution in [1.82, 2.24) is 0 Å². The normalized spacial score (nSPS) is 10.9. The molecule has 140 valence electrons. The number of anilines is 2. The molecule has 0 bridgehead atoms. The van der Waals surface area contributed by atoms with E-state index in [1.807, 2.05) is 30.3 Å². The third kappa shape index (κ3) is 5.02. The molecule has 0 aliphatic carbocycles. The number of amides is 1. The van der Waals surface area contributed by atoms with Gasteiger partial charge in [-0.15, -0.1) is 0 Å². The Morgan fingerprint density at radius 3 is 2.44 bits per heavy atom. The number of para-hydroxylation sites is 1. The Bertz CT molecular complexity index is 882. The highest BCUT2D eigenvalue weighted by molar-refractivity contribution is 6.06. The molecule has 0 fully saturated rings. The van der Waals surface area contributed by atoms with Gasteiger partial charge in [-0.25, -0.2) is 0 Å². The van der Waals surface area contributed by atoms with Crippen LogP contribution in [0.1, 0.15) is 25.3 Å². The minimum Gasteiger partial charge on any atom is -0.493 e. The van der Waals surface area contributed by atoms with E-state index in [4.69, 9.17) is 9.47 Å². The first-order valence-electron chi connectivity index (χ1n) is 8.49. The van der Waals surface area contributed by atoms with Gasteiger partial charge in [0.1, 0.15) is 11.6 Å². The maximum Gasteiger partial charge on any atom is 0.267 e. The van der Waals surface area contributed by atoms with Gasteiger partial charge in [-0.05, 0) is 29.7 Å². The molecule has 2 aromatic rings. The van der Waals surface area contributed by atoms with Crippen LogP contribution in [0.4, 0.5) is 11.4 Å². The first-order valence-corrected chi connectivity index (χ1v) is 8.49. The molecule has 0 aromatic heterocycles. The van der Waals surface area contributed by atoms with Gasteiger partial charge in [0.05, 0.1) is 14.2 Å². The lowest BCUT2D eigenvalue weighted by Gasteiger charge is -2.13. The number of ether oxygens (including phenoxy) is 2. The summed E-state index contributed by atoms with van der Waals surface area (Å²) in [5.74, 6) is 0.841. The highest BCUT2D eigenvalue weighted by Crippen LogP contribution is 2.30. The molecule has 2 aromatic carbocycles. The second-order valence-electron chi connectivity index (χ2n) is 6.08. The highest BCUT2D eigenvalue weighted by atomic mass is 16.5. The molecular weight excluding hydrogens is 342 g/mol. The summed E-state index contributed by atoms with van der Waals surface area (Å²) in [6, 6.07) is 14.7. The standard InChI is InChI=1S/C21H23N3O3/c1-14(2)17-7-5-6-8-18(17)23-13-15(12-22)21(25)24-16-9-10-19(26-3)20(11-16)27-4/h5-11,13-14,23H,1-4H3,(H,24,25)/b15-13-. The predicted molar refractivity (Wildman–Crippen MR) is 106 cm³/mol. The molecule has 0 aliphatic heterocycles. The fourth-order valence-corrected chi connectivity index (χ4v) is 2.54. The zero-order valence-corrected chi connectivity index (χ0v) is 15.9. The fraction of sp³-hybridized carbons (Fsp3) is 0.238. The Morgan fingerprint density at radius 1 is 1.11 bits per heavy atom. The van der Waals surface area contributed by atoms with Crippen LogP contribution in [0, 0.1) is 11.3 Å². The van der Waals surface area contributed by atoms with E-state index in [-0.39, 0.29) is 5.57 Å². The maximum absolute atomic E-state index is 12.4. The predicted octanol–water partition coefficient (Wildman–Crippen LogP) is 4.29. The largest absolute Gasteiger partial charge is 0.493 e. The molecule has 0 atom stereocenters. The molecule has 6 nitrogen and oxygen atoms in total. The van der Waals surface area contributed by atoms with E-state index in [9.17, 15) is 10.1 Å². The number of hydrogen-bond donors (Lipinski definition) is 2. The van der Waals surface area contributed by atoms with Crippen LogP contribution < -0.4 is 20.1 Å². The first-order chi connectivity index (χ1) is 13.0. The monoisotopic (exact) mass is 365 g/mol. The van der Waals surface area contributed by atoms with E-state index >= 15 is 0 Å². The Morgan fingerprint density at radius 2 is 1.81 bits per heavy atom. The van der Waals surface area contributed by atoms with Crippen LogP contribution in [-0.4, -0.2) is 20.1 Å². The van der Waals surface area contributed by atoms with Gasteiger partial charge in [0.15, 0.2) is 11.5 Å². The van der Waals surface area contributed by atoms with Crippen LogP contribution in [0.3, 0.4) is 0 Å². The Hall–Kier alpha value is -3.46. The summed E-state index contributed by atoms with van der Waals surface area (Å²) in [6.45, 7) is 4.17. The van der Waals surface area contributed by atoms with Crippen LogP contribution in [0.5, 0.6) is 11.5 Å². The van der Waals surface area contributed by atoms with Crippen molar-refractivity contribution in [3.63, 3.8) is 0 Å². The summed E-state index contributed by atoms with van der Waals surface area (Å²) in [5, 5.41) is 15.1. The summed E-state index contributed by atoms with van der Waals surface area (Å²) < 4.78 is 10.4. The van der Waals surface area contributed by atoms with E-state index < -0.39 is 5.91 Å². The van der Waals surface area contributed by atoms with E-state index in [0.29, 0.717) is 23.1 Å². The third-order valence-electron chi connectivity index (χ3n) is 3.96. The van der Waals surface area contributed by atoms with Crippen LogP contribution in [0.25, 0.3) is 0 Å².